The van der Waals surface area contributed by atoms with Gasteiger partial charge in [-0.15, -0.1) is 0 Å². The lowest BCUT2D eigenvalue weighted by molar-refractivity contribution is -0.384. The van der Waals surface area contributed by atoms with Crippen LogP contribution in [0.5, 0.6) is 0 Å². The smallest absolute Gasteiger partial charge is 0.269 e. The number of rotatable bonds is 3. The van der Waals surface area contributed by atoms with Crippen LogP contribution in [0.15, 0.2) is 18.2 Å². The number of non-ortho nitro benzene ring substituents is 1. The van der Waals surface area contributed by atoms with Crippen molar-refractivity contribution in [2.45, 2.75) is 39.3 Å². The molecule has 2 atom stereocenters. The van der Waals surface area contributed by atoms with Crippen molar-refractivity contribution in [3.05, 3.63) is 33.9 Å². The maximum Gasteiger partial charge on any atom is 0.269 e. The van der Waals surface area contributed by atoms with Crippen molar-refractivity contribution in [1.29, 1.82) is 0 Å². The number of nitrogen functional groups attached to an aromatic ring is 1. The molecule has 19 heavy (non-hydrogen) atoms. The van der Waals surface area contributed by atoms with E-state index < -0.39 is 0 Å². The highest BCUT2D eigenvalue weighted by molar-refractivity contribution is 5.52. The molecule has 2 rings (SSSR count). The summed E-state index contributed by atoms with van der Waals surface area (Å²) < 4.78 is 0. The van der Waals surface area contributed by atoms with Crippen LogP contribution in [-0.2, 0) is 6.54 Å². The van der Waals surface area contributed by atoms with Gasteiger partial charge in [0.25, 0.3) is 5.69 Å². The number of hydrogen-bond acceptors (Lipinski definition) is 4. The number of nitro benzene ring substituents is 1. The maximum atomic E-state index is 10.8. The topological polar surface area (TPSA) is 72.4 Å². The average molecular weight is 263 g/mol. The molecule has 1 aliphatic heterocycles. The molecule has 5 heteroatoms. The number of nitrogens with zero attached hydrogens (tertiary/aromatic N) is 2. The minimum atomic E-state index is -0.370. The molecule has 1 aliphatic rings. The monoisotopic (exact) mass is 263 g/mol. The van der Waals surface area contributed by atoms with E-state index in [1.165, 1.54) is 18.9 Å². The van der Waals surface area contributed by atoms with Gasteiger partial charge in [0.1, 0.15) is 0 Å². The van der Waals surface area contributed by atoms with E-state index in [0.717, 1.165) is 18.0 Å². The van der Waals surface area contributed by atoms with Crippen LogP contribution in [-0.4, -0.2) is 22.4 Å². The van der Waals surface area contributed by atoms with Crippen LogP contribution in [0.3, 0.4) is 0 Å². The first-order valence-electron chi connectivity index (χ1n) is 6.74. The van der Waals surface area contributed by atoms with Gasteiger partial charge in [-0.25, -0.2) is 0 Å². The summed E-state index contributed by atoms with van der Waals surface area (Å²) in [5.74, 6) is 0.758. The second-order valence-corrected chi connectivity index (χ2v) is 5.59. The normalized spacial score (nSPS) is 24.3. The Morgan fingerprint density at radius 2 is 2.21 bits per heavy atom. The third-order valence-electron chi connectivity index (χ3n) is 3.99. The summed E-state index contributed by atoms with van der Waals surface area (Å²) in [5.41, 5.74) is 7.54. The summed E-state index contributed by atoms with van der Waals surface area (Å²) in [6, 6.07) is 5.19. The first-order chi connectivity index (χ1) is 8.97. The van der Waals surface area contributed by atoms with Crippen molar-refractivity contribution in [2.24, 2.45) is 5.92 Å². The van der Waals surface area contributed by atoms with E-state index in [0.29, 0.717) is 18.3 Å². The van der Waals surface area contributed by atoms with Gasteiger partial charge < -0.3 is 5.73 Å². The maximum absolute atomic E-state index is 10.8. The molecule has 104 valence electrons. The molecule has 1 aromatic rings. The molecule has 5 nitrogen and oxygen atoms in total. The highest BCUT2D eigenvalue weighted by atomic mass is 16.6. The van der Waals surface area contributed by atoms with E-state index >= 15 is 0 Å². The van der Waals surface area contributed by atoms with Crippen LogP contribution in [0.25, 0.3) is 0 Å². The molecular weight excluding hydrogens is 242 g/mol. The Labute approximate surface area is 113 Å². The molecule has 0 spiro atoms. The van der Waals surface area contributed by atoms with Crippen molar-refractivity contribution in [1.82, 2.24) is 4.90 Å². The number of piperidine rings is 1. The standard InChI is InChI=1S/C14H21N3O2/c1-10-5-6-16(11(2)7-10)9-12-8-13(17(18)19)3-4-14(12)15/h3-4,8,10-11H,5-7,9,15H2,1-2H3. The molecule has 1 saturated heterocycles. The van der Waals surface area contributed by atoms with Gasteiger partial charge in [0.15, 0.2) is 0 Å². The molecule has 0 bridgehead atoms. The number of hydrogen-bond donors (Lipinski definition) is 1. The van der Waals surface area contributed by atoms with Crippen LogP contribution < -0.4 is 5.73 Å². The zero-order valence-electron chi connectivity index (χ0n) is 11.5. The van der Waals surface area contributed by atoms with Gasteiger partial charge in [-0.1, -0.05) is 6.92 Å². The molecule has 1 aromatic carbocycles. The lowest BCUT2D eigenvalue weighted by Crippen LogP contribution is -2.39. The Kier molecular flexibility index (Phi) is 4.04. The Morgan fingerprint density at radius 3 is 2.84 bits per heavy atom. The molecule has 0 aromatic heterocycles. The van der Waals surface area contributed by atoms with Crippen LogP contribution in [0.4, 0.5) is 11.4 Å². The fraction of sp³-hybridized carbons (Fsp3) is 0.571. The molecule has 2 unspecified atom stereocenters. The lowest BCUT2D eigenvalue weighted by atomic mass is 9.93. The molecule has 2 N–H and O–H groups in total. The van der Waals surface area contributed by atoms with E-state index in [-0.39, 0.29) is 10.6 Å². The molecule has 1 fully saturated rings. The highest BCUT2D eigenvalue weighted by Gasteiger charge is 2.23. The van der Waals surface area contributed by atoms with E-state index in [1.807, 2.05) is 0 Å². The first-order valence-corrected chi connectivity index (χ1v) is 6.74. The van der Waals surface area contributed by atoms with Crippen molar-refractivity contribution in [3.63, 3.8) is 0 Å². The summed E-state index contributed by atoms with van der Waals surface area (Å²) in [7, 11) is 0. The average Bonchev–Trinajstić information content (AvgIpc) is 2.34. The zero-order valence-corrected chi connectivity index (χ0v) is 11.5. The Morgan fingerprint density at radius 1 is 1.47 bits per heavy atom. The highest BCUT2D eigenvalue weighted by Crippen LogP contribution is 2.27. The molecule has 0 saturated carbocycles. The van der Waals surface area contributed by atoms with Gasteiger partial charge in [-0.3, -0.25) is 15.0 Å². The summed E-state index contributed by atoms with van der Waals surface area (Å²) in [5, 5.41) is 10.8. The van der Waals surface area contributed by atoms with Crippen LogP contribution in [0.1, 0.15) is 32.3 Å². The van der Waals surface area contributed by atoms with Crippen LogP contribution >= 0.6 is 0 Å². The fourth-order valence-electron chi connectivity index (χ4n) is 2.75. The van der Waals surface area contributed by atoms with Gasteiger partial charge in [-0.2, -0.15) is 0 Å². The number of nitrogens with two attached hydrogens (primary N) is 1. The predicted molar refractivity (Wildman–Crippen MR) is 75.8 cm³/mol. The van der Waals surface area contributed by atoms with E-state index in [2.05, 4.69) is 18.7 Å². The second kappa shape index (κ2) is 5.57. The van der Waals surface area contributed by atoms with Gasteiger partial charge in [0, 0.05) is 30.4 Å². The minimum Gasteiger partial charge on any atom is -0.398 e. The van der Waals surface area contributed by atoms with E-state index in [1.54, 1.807) is 12.1 Å². The first kappa shape index (κ1) is 13.8. The summed E-state index contributed by atoms with van der Waals surface area (Å²) in [6.07, 6.45) is 2.36. The van der Waals surface area contributed by atoms with Crippen molar-refractivity contribution >= 4 is 11.4 Å². The third-order valence-corrected chi connectivity index (χ3v) is 3.99. The minimum absolute atomic E-state index is 0.113. The van der Waals surface area contributed by atoms with E-state index in [4.69, 9.17) is 5.73 Å². The van der Waals surface area contributed by atoms with E-state index in [9.17, 15) is 10.1 Å². The van der Waals surface area contributed by atoms with Crippen LogP contribution in [0, 0.1) is 16.0 Å². The SMILES string of the molecule is CC1CCN(Cc2cc([N+](=O)[O-])ccc2N)C(C)C1. The Bertz CT molecular complexity index is 476. The van der Waals surface area contributed by atoms with Gasteiger partial charge in [-0.05, 0) is 43.9 Å². The van der Waals surface area contributed by atoms with Gasteiger partial charge >= 0.3 is 0 Å². The number of likely N-dealkylation sites (tertiary alicyclic amines) is 1. The largest absolute Gasteiger partial charge is 0.398 e. The van der Waals surface area contributed by atoms with Gasteiger partial charge in [0.2, 0.25) is 0 Å². The Balaban J connectivity index is 2.14. The lowest BCUT2D eigenvalue weighted by Gasteiger charge is -2.36. The summed E-state index contributed by atoms with van der Waals surface area (Å²) in [6.45, 7) is 6.21. The molecule has 0 aliphatic carbocycles. The molecule has 1 heterocycles. The second-order valence-electron chi connectivity index (χ2n) is 5.59. The Hall–Kier alpha value is -1.62. The number of nitro groups is 1. The van der Waals surface area contributed by atoms with Crippen molar-refractivity contribution in [3.8, 4) is 0 Å². The predicted octanol–water partition coefficient (Wildman–Crippen LogP) is 2.80. The van der Waals surface area contributed by atoms with Crippen molar-refractivity contribution < 1.29 is 4.92 Å². The molecule has 0 amide bonds. The van der Waals surface area contributed by atoms with Crippen LogP contribution in [0.2, 0.25) is 0 Å². The summed E-state index contributed by atoms with van der Waals surface area (Å²) in [4.78, 5) is 12.8. The quantitative estimate of drug-likeness (QED) is 0.517. The molecule has 0 radical (unpaired) electrons. The number of anilines is 1. The van der Waals surface area contributed by atoms with Crippen molar-refractivity contribution in [2.75, 3.05) is 12.3 Å². The number of benzene rings is 1. The summed E-state index contributed by atoms with van der Waals surface area (Å²) >= 11 is 0. The van der Waals surface area contributed by atoms with Gasteiger partial charge in [0.05, 0.1) is 4.92 Å². The zero-order chi connectivity index (χ0) is 14.0. The molecular formula is C14H21N3O2. The fourth-order valence-corrected chi connectivity index (χ4v) is 2.75. The third kappa shape index (κ3) is 3.23.